The third-order valence-electron chi connectivity index (χ3n) is 6.87. The van der Waals surface area contributed by atoms with Crippen molar-refractivity contribution in [1.82, 2.24) is 45.1 Å². The zero-order valence-corrected chi connectivity index (χ0v) is 30.9. The fourth-order valence-corrected chi connectivity index (χ4v) is 7.28. The highest BCUT2D eigenvalue weighted by molar-refractivity contribution is 8.01. The van der Waals surface area contributed by atoms with Crippen molar-refractivity contribution in [3.63, 3.8) is 0 Å². The molecule has 51 heavy (non-hydrogen) atoms. The Kier molecular flexibility index (Phi) is 13.6. The number of carboxylic acids is 1. The molecule has 2 aliphatic heterocycles. The van der Waals surface area contributed by atoms with E-state index < -0.39 is 58.7 Å². The molecule has 0 aliphatic carbocycles. The Hall–Kier alpha value is -4.51. The number of nitrogens with zero attached hydrogens (tertiary/aromatic N) is 8. The van der Waals surface area contributed by atoms with E-state index in [0.717, 1.165) is 22.9 Å². The number of hydrogen-bond acceptors (Lipinski definition) is 18. The SMILES string of the molecule is CCCCOC(=O)C(C)O/N=C(/C(=O)NC1C(=O)N2C(C(=O)O)=C(CSc3nnnn3CCCNC(=O)OC(C)(C)C)CSC12)c1nsc(N)n1. The normalized spacial score (nSPS) is 18.0. The van der Waals surface area contributed by atoms with Crippen LogP contribution in [0.1, 0.15) is 59.7 Å². The van der Waals surface area contributed by atoms with Crippen molar-refractivity contribution in [1.29, 1.82) is 0 Å². The lowest BCUT2D eigenvalue weighted by molar-refractivity contribution is -0.156. The molecular formula is C28H39N11O9S3. The van der Waals surface area contributed by atoms with Crippen molar-refractivity contribution < 1.29 is 43.4 Å². The minimum atomic E-state index is -1.31. The predicted octanol–water partition coefficient (Wildman–Crippen LogP) is 1.01. The standard InChI is InChI=1S/C28H39N11O9S3/c1-6-7-11-46-24(44)14(2)48-34-16(19-32-25(29)51-35-19)20(40)31-17-21(41)39-18(23(42)43)15(12-49-22(17)39)13-50-26-33-36-37-38(26)10-8-9-30-27(45)47-28(3,4)5/h14,17,22H,6-13H2,1-5H3,(H,30,45)(H,31,40)(H,42,43)(H2,29,32,35)/b34-16+. The Morgan fingerprint density at radius 2 is 2.00 bits per heavy atom. The van der Waals surface area contributed by atoms with Gasteiger partial charge in [0.15, 0.2) is 5.13 Å². The highest BCUT2D eigenvalue weighted by atomic mass is 32.2. The third kappa shape index (κ3) is 10.5. The van der Waals surface area contributed by atoms with Crippen LogP contribution in [0.5, 0.6) is 0 Å². The minimum Gasteiger partial charge on any atom is -0.477 e. The number of rotatable bonds is 17. The molecule has 3 unspecified atom stereocenters. The summed E-state index contributed by atoms with van der Waals surface area (Å²) in [5.41, 5.74) is 4.92. The molecule has 4 heterocycles. The molecule has 278 valence electrons. The van der Waals surface area contributed by atoms with Crippen LogP contribution in [0.4, 0.5) is 9.93 Å². The zero-order valence-electron chi connectivity index (χ0n) is 28.5. The van der Waals surface area contributed by atoms with E-state index in [2.05, 4.69) is 40.7 Å². The number of esters is 1. The number of nitrogen functional groups attached to an aromatic ring is 1. The first-order chi connectivity index (χ1) is 24.2. The lowest BCUT2D eigenvalue weighted by atomic mass is 10.0. The van der Waals surface area contributed by atoms with Crippen molar-refractivity contribution in [2.75, 3.05) is 30.4 Å². The number of aromatic nitrogens is 6. The van der Waals surface area contributed by atoms with Gasteiger partial charge in [0.1, 0.15) is 22.7 Å². The van der Waals surface area contributed by atoms with E-state index in [-0.39, 0.29) is 34.8 Å². The zero-order chi connectivity index (χ0) is 37.3. The molecule has 0 bridgehead atoms. The second kappa shape index (κ2) is 17.6. The molecule has 0 aromatic carbocycles. The number of alkyl carbamates (subject to hydrolysis) is 1. The average molecular weight is 770 g/mol. The van der Waals surface area contributed by atoms with Crippen LogP contribution in [0, 0.1) is 0 Å². The van der Waals surface area contributed by atoms with Gasteiger partial charge in [0.2, 0.25) is 22.8 Å². The summed E-state index contributed by atoms with van der Waals surface area (Å²) in [6.45, 7) is 9.54. The number of aryl methyl sites for hydroxylation is 1. The quantitative estimate of drug-likeness (QED) is 0.0436. The fourth-order valence-electron chi connectivity index (χ4n) is 4.45. The molecule has 3 amide bonds. The second-order valence-electron chi connectivity index (χ2n) is 12.0. The number of carboxylic acid groups (broad SMARTS) is 1. The predicted molar refractivity (Wildman–Crippen MR) is 184 cm³/mol. The van der Waals surface area contributed by atoms with Crippen LogP contribution in [0.3, 0.4) is 0 Å². The molecule has 23 heteroatoms. The maximum atomic E-state index is 13.4. The van der Waals surface area contributed by atoms with Gasteiger partial charge in [0.25, 0.3) is 11.8 Å². The summed E-state index contributed by atoms with van der Waals surface area (Å²) < 4.78 is 15.9. The van der Waals surface area contributed by atoms with Crippen LogP contribution in [-0.2, 0) is 40.0 Å². The number of fused-ring (bicyclic) bond motifs is 1. The van der Waals surface area contributed by atoms with Crippen molar-refractivity contribution in [3.05, 3.63) is 17.1 Å². The van der Waals surface area contributed by atoms with E-state index >= 15 is 0 Å². The van der Waals surface area contributed by atoms with Crippen LogP contribution >= 0.6 is 35.1 Å². The van der Waals surface area contributed by atoms with Crippen LogP contribution in [0.15, 0.2) is 21.6 Å². The summed E-state index contributed by atoms with van der Waals surface area (Å²) in [6.07, 6.45) is 0.293. The summed E-state index contributed by atoms with van der Waals surface area (Å²) in [5.74, 6) is -3.32. The number of tetrazole rings is 1. The largest absolute Gasteiger partial charge is 0.477 e. The maximum Gasteiger partial charge on any atom is 0.407 e. The minimum absolute atomic E-state index is 0.0390. The molecule has 20 nitrogen and oxygen atoms in total. The van der Waals surface area contributed by atoms with Crippen LogP contribution in [0.25, 0.3) is 0 Å². The summed E-state index contributed by atoms with van der Waals surface area (Å²) in [7, 11) is 0. The highest BCUT2D eigenvalue weighted by Crippen LogP contribution is 2.41. The average Bonchev–Trinajstić information content (AvgIpc) is 3.71. The Morgan fingerprint density at radius 3 is 2.67 bits per heavy atom. The van der Waals surface area contributed by atoms with Gasteiger partial charge in [-0.05, 0) is 56.5 Å². The van der Waals surface area contributed by atoms with Crippen molar-refractivity contribution in [2.45, 2.75) is 88.7 Å². The number of nitrogens with two attached hydrogens (primary N) is 1. The number of ether oxygens (including phenoxy) is 2. The Morgan fingerprint density at radius 1 is 1.24 bits per heavy atom. The van der Waals surface area contributed by atoms with Crippen molar-refractivity contribution >= 4 is 75.7 Å². The number of unbranched alkanes of at least 4 members (excludes halogenated alkanes) is 1. The summed E-state index contributed by atoms with van der Waals surface area (Å²) in [6, 6.07) is -1.11. The van der Waals surface area contributed by atoms with Crippen LogP contribution in [0.2, 0.25) is 0 Å². The highest BCUT2D eigenvalue weighted by Gasteiger charge is 2.54. The Labute approximate surface area is 304 Å². The summed E-state index contributed by atoms with van der Waals surface area (Å²) in [4.78, 5) is 73.6. The van der Waals surface area contributed by atoms with Crippen molar-refractivity contribution in [3.8, 4) is 0 Å². The van der Waals surface area contributed by atoms with E-state index in [1.165, 1.54) is 35.1 Å². The molecule has 5 N–H and O–H groups in total. The molecular weight excluding hydrogens is 731 g/mol. The summed E-state index contributed by atoms with van der Waals surface area (Å²) in [5, 5.41) is 30.6. The number of carbonyl (C=O) groups excluding carboxylic acids is 4. The first kappa shape index (κ1) is 39.3. The molecule has 4 rings (SSSR count). The molecule has 1 fully saturated rings. The van der Waals surface area contributed by atoms with Gasteiger partial charge in [-0.2, -0.15) is 9.36 Å². The molecule has 2 aromatic heterocycles. The van der Waals surface area contributed by atoms with E-state index in [1.54, 1.807) is 20.8 Å². The smallest absolute Gasteiger partial charge is 0.407 e. The maximum absolute atomic E-state index is 13.4. The molecule has 1 saturated heterocycles. The topological polar surface area (TPSA) is 268 Å². The number of amides is 3. The summed E-state index contributed by atoms with van der Waals surface area (Å²) >= 11 is 3.27. The van der Waals surface area contributed by atoms with E-state index in [1.807, 2.05) is 6.92 Å². The van der Waals surface area contributed by atoms with Gasteiger partial charge in [-0.15, -0.1) is 16.9 Å². The monoisotopic (exact) mass is 769 g/mol. The number of nitrogens with one attached hydrogen (secondary N) is 2. The number of anilines is 1. The molecule has 0 radical (unpaired) electrons. The fraction of sp³-hybridized carbons (Fsp3) is 0.607. The number of aliphatic carboxylic acids is 1. The van der Waals surface area contributed by atoms with Gasteiger partial charge in [-0.1, -0.05) is 30.3 Å². The first-order valence-electron chi connectivity index (χ1n) is 15.8. The number of thioether (sulfide) groups is 2. The number of hydrogen-bond donors (Lipinski definition) is 4. The molecule has 3 atom stereocenters. The lowest BCUT2D eigenvalue weighted by Gasteiger charge is -2.49. The molecule has 2 aliphatic rings. The van der Waals surface area contributed by atoms with E-state index in [4.69, 9.17) is 20.0 Å². The Balaban J connectivity index is 1.38. The second-order valence-corrected chi connectivity index (χ2v) is 14.9. The van der Waals surface area contributed by atoms with Gasteiger partial charge < -0.3 is 35.8 Å². The first-order valence-corrected chi connectivity index (χ1v) is 18.6. The van der Waals surface area contributed by atoms with Gasteiger partial charge in [0.05, 0.1) is 6.61 Å². The molecule has 0 spiro atoms. The van der Waals surface area contributed by atoms with E-state index in [9.17, 15) is 29.1 Å². The molecule has 0 saturated carbocycles. The van der Waals surface area contributed by atoms with Crippen LogP contribution < -0.4 is 16.4 Å². The van der Waals surface area contributed by atoms with Crippen LogP contribution in [-0.4, -0.2) is 123 Å². The number of carbonyl (C=O) groups is 5. The van der Waals surface area contributed by atoms with Crippen molar-refractivity contribution in [2.24, 2.45) is 5.16 Å². The Bertz CT molecular complexity index is 1670. The van der Waals surface area contributed by atoms with Gasteiger partial charge >= 0.3 is 18.0 Å². The van der Waals surface area contributed by atoms with Gasteiger partial charge in [-0.25, -0.2) is 19.1 Å². The number of β-lactam (4-membered cyclic amide) rings is 1. The van der Waals surface area contributed by atoms with Gasteiger partial charge in [0, 0.05) is 36.1 Å². The third-order valence-corrected chi connectivity index (χ3v) is 9.80. The molecule has 2 aromatic rings. The lowest BCUT2D eigenvalue weighted by Crippen LogP contribution is -2.71. The van der Waals surface area contributed by atoms with Gasteiger partial charge in [-0.3, -0.25) is 14.5 Å². The number of oxime groups is 1. The van der Waals surface area contributed by atoms with E-state index in [0.29, 0.717) is 36.7 Å².